The van der Waals surface area contributed by atoms with Gasteiger partial charge in [0.1, 0.15) is 5.60 Å². The minimum Gasteiger partial charge on any atom is -0.466 e. The van der Waals surface area contributed by atoms with Crippen LogP contribution in [-0.4, -0.2) is 27.7 Å². The van der Waals surface area contributed by atoms with Gasteiger partial charge < -0.3 is 14.8 Å². The van der Waals surface area contributed by atoms with Gasteiger partial charge in [-0.1, -0.05) is 0 Å². The lowest BCUT2D eigenvalue weighted by Gasteiger charge is -2.39. The molecule has 1 aliphatic rings. The largest absolute Gasteiger partial charge is 0.466 e. The molecule has 0 saturated heterocycles. The van der Waals surface area contributed by atoms with Gasteiger partial charge in [-0.05, 0) is 39.5 Å². The quantitative estimate of drug-likeness (QED) is 0.803. The van der Waals surface area contributed by atoms with Crippen LogP contribution in [0.4, 0.5) is 0 Å². The third-order valence-electron chi connectivity index (χ3n) is 3.92. The molecular weight excluding hydrogens is 232 g/mol. The first-order chi connectivity index (χ1) is 8.50. The highest BCUT2D eigenvalue weighted by atomic mass is 16.5. The van der Waals surface area contributed by atoms with E-state index in [1.54, 1.807) is 12.5 Å². The number of carbonyl (C=O) groups excluding carboxylic acids is 1. The van der Waals surface area contributed by atoms with E-state index in [0.717, 1.165) is 0 Å². The number of nitrogens with one attached hydrogen (secondary N) is 1. The molecule has 5 heteroatoms. The van der Waals surface area contributed by atoms with Crippen LogP contribution in [-0.2, 0) is 15.1 Å². The summed E-state index contributed by atoms with van der Waals surface area (Å²) in [5.41, 5.74) is -0.724. The molecule has 1 saturated carbocycles. The molecule has 0 aliphatic heterocycles. The summed E-state index contributed by atoms with van der Waals surface area (Å²) < 4.78 is 5.10. The van der Waals surface area contributed by atoms with E-state index >= 15 is 0 Å². The Labute approximate surface area is 107 Å². The monoisotopic (exact) mass is 252 g/mol. The molecule has 2 N–H and O–H groups in total. The first-order valence-corrected chi connectivity index (χ1v) is 6.39. The van der Waals surface area contributed by atoms with Crippen LogP contribution in [0.2, 0.25) is 0 Å². The number of esters is 1. The van der Waals surface area contributed by atoms with Crippen molar-refractivity contribution in [2.75, 3.05) is 6.61 Å². The smallest absolute Gasteiger partial charge is 0.311 e. The van der Waals surface area contributed by atoms with Gasteiger partial charge >= 0.3 is 5.97 Å². The van der Waals surface area contributed by atoms with Gasteiger partial charge in [-0.25, -0.2) is 4.98 Å². The van der Waals surface area contributed by atoms with Gasteiger partial charge in [-0.15, -0.1) is 0 Å². The van der Waals surface area contributed by atoms with Crippen LogP contribution in [0.25, 0.3) is 0 Å². The first kappa shape index (κ1) is 13.1. The summed E-state index contributed by atoms with van der Waals surface area (Å²) in [4.78, 5) is 18.9. The third kappa shape index (κ3) is 2.27. The second-order valence-electron chi connectivity index (χ2n) is 5.27. The van der Waals surface area contributed by atoms with Crippen LogP contribution in [0.15, 0.2) is 12.5 Å². The van der Waals surface area contributed by atoms with Gasteiger partial charge in [0.25, 0.3) is 0 Å². The second kappa shape index (κ2) is 4.72. The molecule has 0 atom stereocenters. The van der Waals surface area contributed by atoms with E-state index < -0.39 is 11.0 Å². The van der Waals surface area contributed by atoms with Crippen LogP contribution in [0.5, 0.6) is 0 Å². The molecule has 0 unspecified atom stereocenters. The van der Waals surface area contributed by atoms with Crippen LogP contribution in [0.3, 0.4) is 0 Å². The molecule has 0 radical (unpaired) electrons. The summed E-state index contributed by atoms with van der Waals surface area (Å²) >= 11 is 0. The van der Waals surface area contributed by atoms with Crippen molar-refractivity contribution in [1.82, 2.24) is 9.97 Å². The number of aliphatic hydroxyl groups is 1. The maximum Gasteiger partial charge on any atom is 0.311 e. The Morgan fingerprint density at radius 2 is 2.17 bits per heavy atom. The Morgan fingerprint density at radius 1 is 1.50 bits per heavy atom. The molecule has 18 heavy (non-hydrogen) atoms. The van der Waals surface area contributed by atoms with Crippen LogP contribution >= 0.6 is 0 Å². The van der Waals surface area contributed by atoms with E-state index in [4.69, 9.17) is 4.74 Å². The number of aromatic nitrogens is 2. The Bertz CT molecular complexity index is 406. The SMILES string of the molecule is CCOC(=O)[C@]1(C)CC[C@@](O)(c2c[nH]cn2)CC1. The Morgan fingerprint density at radius 3 is 2.67 bits per heavy atom. The van der Waals surface area contributed by atoms with Crippen LogP contribution < -0.4 is 0 Å². The molecule has 2 rings (SSSR count). The summed E-state index contributed by atoms with van der Waals surface area (Å²) in [6.45, 7) is 4.12. The van der Waals surface area contributed by atoms with Gasteiger partial charge in [0, 0.05) is 6.20 Å². The average Bonchev–Trinajstić information content (AvgIpc) is 2.88. The molecule has 1 fully saturated rings. The number of ether oxygens (including phenoxy) is 1. The first-order valence-electron chi connectivity index (χ1n) is 6.39. The lowest BCUT2D eigenvalue weighted by atomic mass is 9.69. The summed E-state index contributed by atoms with van der Waals surface area (Å²) in [6.07, 6.45) is 5.59. The zero-order valence-electron chi connectivity index (χ0n) is 10.9. The summed E-state index contributed by atoms with van der Waals surface area (Å²) in [6, 6.07) is 0. The zero-order valence-corrected chi connectivity index (χ0v) is 10.9. The fourth-order valence-corrected chi connectivity index (χ4v) is 2.50. The molecule has 1 aromatic heterocycles. The van der Waals surface area contributed by atoms with Crippen molar-refractivity contribution in [3.05, 3.63) is 18.2 Å². The van der Waals surface area contributed by atoms with Crippen molar-refractivity contribution >= 4 is 5.97 Å². The predicted octanol–water partition coefficient (Wildman–Crippen LogP) is 1.74. The molecule has 0 aromatic carbocycles. The zero-order chi connectivity index (χ0) is 13.2. The third-order valence-corrected chi connectivity index (χ3v) is 3.92. The van der Waals surface area contributed by atoms with E-state index in [0.29, 0.717) is 38.0 Å². The molecule has 0 amide bonds. The van der Waals surface area contributed by atoms with E-state index in [1.165, 1.54) is 0 Å². The molecule has 1 aliphatic carbocycles. The summed E-state index contributed by atoms with van der Waals surface area (Å²) in [5, 5.41) is 10.5. The van der Waals surface area contributed by atoms with E-state index in [-0.39, 0.29) is 5.97 Å². The topological polar surface area (TPSA) is 75.2 Å². The van der Waals surface area contributed by atoms with Crippen LogP contribution in [0, 0.1) is 5.41 Å². The van der Waals surface area contributed by atoms with Gasteiger partial charge in [0.15, 0.2) is 0 Å². The molecule has 100 valence electrons. The maximum atomic E-state index is 11.9. The number of imidazole rings is 1. The number of rotatable bonds is 3. The lowest BCUT2D eigenvalue weighted by molar-refractivity contribution is -0.160. The van der Waals surface area contributed by atoms with Gasteiger partial charge in [-0.2, -0.15) is 0 Å². The predicted molar refractivity (Wildman–Crippen MR) is 65.7 cm³/mol. The van der Waals surface area contributed by atoms with Crippen molar-refractivity contribution in [3.8, 4) is 0 Å². The molecule has 0 bridgehead atoms. The lowest BCUT2D eigenvalue weighted by Crippen LogP contribution is -2.40. The molecular formula is C13H20N2O3. The highest BCUT2D eigenvalue weighted by Crippen LogP contribution is 2.45. The number of carbonyl (C=O) groups is 1. The van der Waals surface area contributed by atoms with Crippen molar-refractivity contribution in [2.45, 2.75) is 45.1 Å². The highest BCUT2D eigenvalue weighted by Gasteiger charge is 2.45. The fourth-order valence-electron chi connectivity index (χ4n) is 2.50. The Kier molecular flexibility index (Phi) is 3.43. The average molecular weight is 252 g/mol. The van der Waals surface area contributed by atoms with Gasteiger partial charge in [-0.3, -0.25) is 4.79 Å². The number of H-pyrrole nitrogens is 1. The highest BCUT2D eigenvalue weighted by molar-refractivity contribution is 5.76. The second-order valence-corrected chi connectivity index (χ2v) is 5.27. The summed E-state index contributed by atoms with van der Waals surface area (Å²) in [7, 11) is 0. The molecule has 5 nitrogen and oxygen atoms in total. The van der Waals surface area contributed by atoms with Crippen molar-refractivity contribution in [2.24, 2.45) is 5.41 Å². The standard InChI is InChI=1S/C13H20N2O3/c1-3-18-11(16)12(2)4-6-13(17,7-5-12)10-8-14-9-15-10/h8-9,17H,3-7H2,1-2H3,(H,14,15)/t12-,13+. The molecule has 1 heterocycles. The fraction of sp³-hybridized carbons (Fsp3) is 0.692. The molecule has 1 aromatic rings. The molecule has 0 spiro atoms. The van der Waals surface area contributed by atoms with E-state index in [1.807, 2.05) is 13.8 Å². The van der Waals surface area contributed by atoms with E-state index in [2.05, 4.69) is 9.97 Å². The minimum atomic E-state index is -0.911. The van der Waals surface area contributed by atoms with Crippen molar-refractivity contribution in [1.29, 1.82) is 0 Å². The minimum absolute atomic E-state index is 0.158. The van der Waals surface area contributed by atoms with Crippen molar-refractivity contribution in [3.63, 3.8) is 0 Å². The number of hydrogen-bond donors (Lipinski definition) is 2. The van der Waals surface area contributed by atoms with Crippen molar-refractivity contribution < 1.29 is 14.6 Å². The Hall–Kier alpha value is -1.36. The van der Waals surface area contributed by atoms with Crippen LogP contribution in [0.1, 0.15) is 45.2 Å². The number of nitrogens with zero attached hydrogens (tertiary/aromatic N) is 1. The number of hydrogen-bond acceptors (Lipinski definition) is 4. The maximum absolute atomic E-state index is 11.9. The van der Waals surface area contributed by atoms with Gasteiger partial charge in [0.05, 0.1) is 24.0 Å². The summed E-state index contributed by atoms with van der Waals surface area (Å²) in [5.74, 6) is -0.158. The normalized spacial score (nSPS) is 32.2. The van der Waals surface area contributed by atoms with E-state index in [9.17, 15) is 9.90 Å². The van der Waals surface area contributed by atoms with Gasteiger partial charge in [0.2, 0.25) is 0 Å². The Balaban J connectivity index is 2.05. The number of aromatic amines is 1.